The number of hydrogen-bond acceptors (Lipinski definition) is 3. The van der Waals surface area contributed by atoms with Gasteiger partial charge >= 0.3 is 11.9 Å². The molecule has 1 aromatic rings. The molecule has 1 aromatic carbocycles. The number of thioether (sulfide) groups is 1. The number of benzene rings is 1. The zero-order valence-electron chi connectivity index (χ0n) is 12.2. The number of carbonyl (C=O) groups is 2. The molecule has 1 aliphatic carbocycles. The fraction of sp³-hybridized carbons (Fsp3) is 0.118. The number of hydrogen-bond donors (Lipinski definition) is 1. The Balaban J connectivity index is 2.02. The Morgan fingerprint density at radius 1 is 1.39 bits per heavy atom. The van der Waals surface area contributed by atoms with Gasteiger partial charge in [0.25, 0.3) is 0 Å². The first-order chi connectivity index (χ1) is 11.0. The van der Waals surface area contributed by atoms with Crippen LogP contribution in [0, 0.1) is 5.82 Å². The largest absolute Gasteiger partial charge is 0.478 e. The van der Waals surface area contributed by atoms with Crippen molar-refractivity contribution in [2.24, 2.45) is 0 Å². The predicted octanol–water partition coefficient (Wildman–Crippen LogP) is 2.47. The number of aliphatic carboxylic acids is 1. The highest BCUT2D eigenvalue weighted by atomic mass is 32.2. The molecule has 0 saturated heterocycles. The van der Waals surface area contributed by atoms with Crippen molar-refractivity contribution < 1.29 is 23.7 Å². The second-order valence-electron chi connectivity index (χ2n) is 5.12. The van der Waals surface area contributed by atoms with Crippen LogP contribution in [0.4, 0.5) is 4.39 Å². The lowest BCUT2D eigenvalue weighted by molar-refractivity contribution is -0.413. The van der Waals surface area contributed by atoms with Gasteiger partial charge in [0.05, 0.1) is 5.57 Å². The Labute approximate surface area is 136 Å². The van der Waals surface area contributed by atoms with E-state index in [0.29, 0.717) is 16.2 Å². The molecule has 0 spiro atoms. The minimum atomic E-state index is -1.04. The third kappa shape index (κ3) is 2.90. The van der Waals surface area contributed by atoms with Gasteiger partial charge < -0.3 is 5.11 Å². The van der Waals surface area contributed by atoms with Gasteiger partial charge in [0.2, 0.25) is 5.71 Å². The molecule has 2 aliphatic rings. The van der Waals surface area contributed by atoms with E-state index in [9.17, 15) is 14.0 Å². The van der Waals surface area contributed by atoms with Gasteiger partial charge in [-0.2, -0.15) is 4.58 Å². The van der Waals surface area contributed by atoms with Crippen LogP contribution in [-0.4, -0.2) is 39.6 Å². The topological polar surface area (TPSA) is 57.4 Å². The lowest BCUT2D eigenvalue weighted by Crippen LogP contribution is -2.36. The Morgan fingerprint density at radius 2 is 2.13 bits per heavy atom. The van der Waals surface area contributed by atoms with Gasteiger partial charge in [-0.25, -0.2) is 14.0 Å². The number of fused-ring (bicyclic) bond motifs is 1. The molecule has 1 atom stereocenters. The molecule has 1 heterocycles. The van der Waals surface area contributed by atoms with Crippen LogP contribution in [0.5, 0.6) is 0 Å². The van der Waals surface area contributed by atoms with Gasteiger partial charge in [-0.05, 0) is 18.2 Å². The van der Waals surface area contributed by atoms with Crippen molar-refractivity contribution in [3.05, 3.63) is 64.4 Å². The van der Waals surface area contributed by atoms with E-state index in [2.05, 4.69) is 0 Å². The van der Waals surface area contributed by atoms with Crippen LogP contribution in [0.2, 0.25) is 0 Å². The van der Waals surface area contributed by atoms with Crippen LogP contribution in [-0.2, 0) is 9.59 Å². The highest BCUT2D eigenvalue weighted by Gasteiger charge is 2.38. The SMILES string of the molecule is C[N+]1=C2C=C(C(=O)O)C=CC2S/C(=C\c2ccccc2F)C1=O. The van der Waals surface area contributed by atoms with Crippen LogP contribution >= 0.6 is 11.8 Å². The summed E-state index contributed by atoms with van der Waals surface area (Å²) in [5, 5.41) is 8.89. The molecule has 4 nitrogen and oxygen atoms in total. The number of carboxylic acid groups (broad SMARTS) is 1. The molecule has 0 aromatic heterocycles. The summed E-state index contributed by atoms with van der Waals surface area (Å²) in [4.78, 5) is 23.9. The number of carbonyl (C=O) groups excluding carboxylic acids is 1. The molecule has 0 bridgehead atoms. The van der Waals surface area contributed by atoms with E-state index in [0.717, 1.165) is 0 Å². The minimum absolute atomic E-state index is 0.137. The molecular formula is C17H13FNO3S+. The minimum Gasteiger partial charge on any atom is -0.478 e. The molecule has 1 N–H and O–H groups in total. The standard InChI is InChI=1S/C17H12FNO3S/c1-19-13-8-11(17(21)22)6-7-14(13)23-15(16(19)20)9-10-4-2-3-5-12(10)18/h2-9,14H,1H3/p+1/b15-9-. The van der Waals surface area contributed by atoms with Crippen LogP contribution in [0.1, 0.15) is 5.56 Å². The molecule has 6 heteroatoms. The van der Waals surface area contributed by atoms with E-state index in [1.165, 1.54) is 40.6 Å². The van der Waals surface area contributed by atoms with E-state index in [1.807, 2.05) is 0 Å². The van der Waals surface area contributed by atoms with Crippen LogP contribution < -0.4 is 0 Å². The van der Waals surface area contributed by atoms with Crippen LogP contribution in [0.25, 0.3) is 6.08 Å². The first-order valence-corrected chi connectivity index (χ1v) is 7.76. The quantitative estimate of drug-likeness (QED) is 0.668. The Kier molecular flexibility index (Phi) is 4.00. The molecule has 116 valence electrons. The zero-order chi connectivity index (χ0) is 16.6. The third-order valence-corrected chi connectivity index (χ3v) is 4.84. The second-order valence-corrected chi connectivity index (χ2v) is 6.30. The average molecular weight is 330 g/mol. The monoisotopic (exact) mass is 330 g/mol. The average Bonchev–Trinajstić information content (AvgIpc) is 2.54. The summed E-state index contributed by atoms with van der Waals surface area (Å²) in [6, 6.07) is 6.24. The maximum atomic E-state index is 13.8. The van der Waals surface area contributed by atoms with E-state index in [4.69, 9.17) is 5.11 Å². The van der Waals surface area contributed by atoms with Crippen molar-refractivity contribution in [1.82, 2.24) is 0 Å². The second kappa shape index (κ2) is 5.96. The summed E-state index contributed by atoms with van der Waals surface area (Å²) in [5.74, 6) is -1.70. The van der Waals surface area contributed by atoms with Gasteiger partial charge in [-0.15, -0.1) is 0 Å². The lowest BCUT2D eigenvalue weighted by atomic mass is 10.0. The maximum Gasteiger partial charge on any atom is 0.425 e. The smallest absolute Gasteiger partial charge is 0.425 e. The van der Waals surface area contributed by atoms with Crippen molar-refractivity contribution in [2.45, 2.75) is 5.25 Å². The molecule has 0 fully saturated rings. The van der Waals surface area contributed by atoms with E-state index in [-0.39, 0.29) is 16.7 Å². The number of allylic oxidation sites excluding steroid dienone is 1. The van der Waals surface area contributed by atoms with Crippen molar-refractivity contribution in [1.29, 1.82) is 0 Å². The number of amides is 1. The van der Waals surface area contributed by atoms with E-state index < -0.39 is 11.8 Å². The summed E-state index contributed by atoms with van der Waals surface area (Å²) in [6.45, 7) is 0. The summed E-state index contributed by atoms with van der Waals surface area (Å²) in [7, 11) is 1.59. The van der Waals surface area contributed by atoms with Crippen LogP contribution in [0.15, 0.2) is 53.0 Å². The van der Waals surface area contributed by atoms with Gasteiger partial charge in [-0.3, -0.25) is 0 Å². The predicted molar refractivity (Wildman–Crippen MR) is 86.8 cm³/mol. The van der Waals surface area contributed by atoms with E-state index >= 15 is 0 Å². The number of nitrogens with zero attached hydrogens (tertiary/aromatic N) is 1. The zero-order valence-corrected chi connectivity index (χ0v) is 13.0. The molecule has 3 rings (SSSR count). The molecule has 1 unspecified atom stereocenters. The summed E-state index contributed by atoms with van der Waals surface area (Å²) < 4.78 is 15.2. The number of carboxylic acids is 1. The highest BCUT2D eigenvalue weighted by molar-refractivity contribution is 8.05. The first kappa shape index (κ1) is 15.4. The Morgan fingerprint density at radius 3 is 2.83 bits per heavy atom. The van der Waals surface area contributed by atoms with Crippen LogP contribution in [0.3, 0.4) is 0 Å². The van der Waals surface area contributed by atoms with Crippen molar-refractivity contribution in [2.75, 3.05) is 7.05 Å². The van der Waals surface area contributed by atoms with Gasteiger partial charge in [0.15, 0.2) is 0 Å². The molecule has 0 saturated carbocycles. The van der Waals surface area contributed by atoms with Gasteiger partial charge in [0.1, 0.15) is 23.0 Å². The fourth-order valence-electron chi connectivity index (χ4n) is 2.40. The third-order valence-electron chi connectivity index (χ3n) is 3.64. The van der Waals surface area contributed by atoms with Gasteiger partial charge in [-0.1, -0.05) is 36.0 Å². The van der Waals surface area contributed by atoms with Crippen molar-refractivity contribution >= 4 is 35.4 Å². The Bertz CT molecular complexity index is 836. The number of halogens is 1. The van der Waals surface area contributed by atoms with Crippen molar-refractivity contribution in [3.8, 4) is 0 Å². The molecule has 1 amide bonds. The maximum absolute atomic E-state index is 13.8. The highest BCUT2D eigenvalue weighted by Crippen LogP contribution is 2.33. The molecule has 1 aliphatic heterocycles. The summed E-state index contributed by atoms with van der Waals surface area (Å²) in [6.07, 6.45) is 6.28. The number of rotatable bonds is 2. The molecular weight excluding hydrogens is 317 g/mol. The fourth-order valence-corrected chi connectivity index (χ4v) is 3.61. The summed E-state index contributed by atoms with van der Waals surface area (Å²) in [5.41, 5.74) is 1.10. The van der Waals surface area contributed by atoms with Crippen molar-refractivity contribution in [3.63, 3.8) is 0 Å². The normalized spacial score (nSPS) is 22.2. The Hall–Kier alpha value is -2.47. The first-order valence-electron chi connectivity index (χ1n) is 6.88. The van der Waals surface area contributed by atoms with Gasteiger partial charge in [0, 0.05) is 11.6 Å². The molecule has 23 heavy (non-hydrogen) atoms. The summed E-state index contributed by atoms with van der Waals surface area (Å²) >= 11 is 1.29. The van der Waals surface area contributed by atoms with E-state index in [1.54, 1.807) is 31.3 Å². The number of likely N-dealkylation sites (N-methyl/N-ethyl adjacent to an activating group) is 1. The molecule has 0 radical (unpaired) electrons. The lowest BCUT2D eigenvalue weighted by Gasteiger charge is -2.20.